The number of amides is 1. The molecule has 33 heavy (non-hydrogen) atoms. The van der Waals surface area contributed by atoms with Gasteiger partial charge in [0.05, 0.1) is 11.3 Å². The quantitative estimate of drug-likeness (QED) is 0.576. The molecular weight excluding hydrogens is 442 g/mol. The maximum atomic E-state index is 13.6. The number of hydrogen-bond donors (Lipinski definition) is 1. The lowest BCUT2D eigenvalue weighted by Crippen LogP contribution is -2.39. The van der Waals surface area contributed by atoms with Gasteiger partial charge in [-0.05, 0) is 63.1 Å². The Bertz CT molecular complexity index is 935. The third-order valence-corrected chi connectivity index (χ3v) is 8.48. The van der Waals surface area contributed by atoms with Crippen LogP contribution in [0.3, 0.4) is 0 Å². The first-order valence-corrected chi connectivity index (χ1v) is 13.5. The summed E-state index contributed by atoms with van der Waals surface area (Å²) in [7, 11) is -3.75. The van der Waals surface area contributed by atoms with Crippen molar-refractivity contribution in [2.45, 2.75) is 70.2 Å². The monoisotopic (exact) mass is 479 g/mol. The van der Waals surface area contributed by atoms with Gasteiger partial charge >= 0.3 is 5.97 Å². The van der Waals surface area contributed by atoms with E-state index in [-0.39, 0.29) is 28.3 Å². The molecule has 1 aromatic rings. The summed E-state index contributed by atoms with van der Waals surface area (Å²) in [5.74, 6) is -0.826. The smallest absolute Gasteiger partial charge is 0.338 e. The number of nitrogens with one attached hydrogen (secondary N) is 1. The molecule has 0 radical (unpaired) electrons. The molecule has 0 saturated carbocycles. The lowest BCUT2D eigenvalue weighted by Gasteiger charge is -2.33. The van der Waals surface area contributed by atoms with Crippen LogP contribution >= 0.6 is 0 Å². The summed E-state index contributed by atoms with van der Waals surface area (Å²) in [5.41, 5.74) is 0.774. The zero-order valence-corrected chi connectivity index (χ0v) is 20.8. The van der Waals surface area contributed by atoms with Crippen molar-refractivity contribution in [3.63, 3.8) is 0 Å². The third-order valence-electron chi connectivity index (χ3n) is 6.55. The molecule has 2 aliphatic heterocycles. The number of nitrogens with zero attached hydrogens (tertiary/aromatic N) is 2. The zero-order valence-electron chi connectivity index (χ0n) is 20.0. The zero-order chi connectivity index (χ0) is 24.0. The fourth-order valence-corrected chi connectivity index (χ4v) is 5.92. The van der Waals surface area contributed by atoms with Crippen LogP contribution in [0.25, 0.3) is 0 Å². The minimum atomic E-state index is -3.75. The molecule has 1 atom stereocenters. The second kappa shape index (κ2) is 11.3. The molecule has 1 aromatic carbocycles. The van der Waals surface area contributed by atoms with Gasteiger partial charge in [-0.15, -0.1) is 0 Å². The Morgan fingerprint density at radius 1 is 0.970 bits per heavy atom. The van der Waals surface area contributed by atoms with Gasteiger partial charge in [0.25, 0.3) is 5.91 Å². The number of anilines is 1. The van der Waals surface area contributed by atoms with Crippen molar-refractivity contribution in [1.82, 2.24) is 9.62 Å². The largest absolute Gasteiger partial charge is 0.452 e. The van der Waals surface area contributed by atoms with Crippen LogP contribution in [0, 0.1) is 5.92 Å². The Balaban J connectivity index is 1.82. The molecule has 1 unspecified atom stereocenters. The van der Waals surface area contributed by atoms with E-state index in [0.717, 1.165) is 51.6 Å². The molecule has 2 saturated heterocycles. The topological polar surface area (TPSA) is 96.0 Å². The van der Waals surface area contributed by atoms with Crippen LogP contribution in [0.5, 0.6) is 0 Å². The summed E-state index contributed by atoms with van der Waals surface area (Å²) in [5, 5.41) is 2.79. The molecule has 1 N–H and O–H groups in total. The van der Waals surface area contributed by atoms with Gasteiger partial charge in [0.15, 0.2) is 6.61 Å². The standard InChI is InChI=1S/C24H37N3O5S/c1-18(2)19(3)25-23(28)17-32-24(29)20-10-11-21(26-12-6-4-7-13-26)22(16-20)33(30,31)27-14-8-5-9-15-27/h10-11,16,18-19H,4-9,12-15,17H2,1-3H3,(H,25,28). The number of benzene rings is 1. The van der Waals surface area contributed by atoms with Gasteiger partial charge in [0.1, 0.15) is 4.90 Å². The average Bonchev–Trinajstić information content (AvgIpc) is 2.83. The van der Waals surface area contributed by atoms with E-state index in [1.54, 1.807) is 12.1 Å². The lowest BCUT2D eigenvalue weighted by molar-refractivity contribution is -0.125. The van der Waals surface area contributed by atoms with E-state index in [4.69, 9.17) is 4.74 Å². The van der Waals surface area contributed by atoms with Gasteiger partial charge in [0, 0.05) is 32.2 Å². The van der Waals surface area contributed by atoms with Crippen molar-refractivity contribution >= 4 is 27.6 Å². The number of ether oxygens (including phenoxy) is 1. The van der Waals surface area contributed by atoms with Crippen LogP contribution < -0.4 is 10.2 Å². The molecule has 0 aliphatic carbocycles. The number of carbonyl (C=O) groups excluding carboxylic acids is 2. The Morgan fingerprint density at radius 2 is 1.58 bits per heavy atom. The minimum absolute atomic E-state index is 0.0404. The van der Waals surface area contributed by atoms with Gasteiger partial charge in [-0.1, -0.05) is 20.3 Å². The molecule has 0 spiro atoms. The predicted molar refractivity (Wildman–Crippen MR) is 128 cm³/mol. The van der Waals surface area contributed by atoms with E-state index in [2.05, 4.69) is 10.2 Å². The predicted octanol–water partition coefficient (Wildman–Crippen LogP) is 3.17. The van der Waals surface area contributed by atoms with Gasteiger partial charge in [0.2, 0.25) is 10.0 Å². The normalized spacial score (nSPS) is 18.7. The fraction of sp³-hybridized carbons (Fsp3) is 0.667. The maximum absolute atomic E-state index is 13.6. The molecule has 3 rings (SSSR count). The molecule has 8 nitrogen and oxygen atoms in total. The van der Waals surface area contributed by atoms with Crippen LogP contribution in [-0.4, -0.2) is 63.4 Å². The van der Waals surface area contributed by atoms with E-state index in [1.165, 1.54) is 10.4 Å². The van der Waals surface area contributed by atoms with Crippen molar-refractivity contribution in [2.24, 2.45) is 5.92 Å². The minimum Gasteiger partial charge on any atom is -0.452 e. The van der Waals surface area contributed by atoms with Crippen LogP contribution in [0.2, 0.25) is 0 Å². The van der Waals surface area contributed by atoms with Crippen LogP contribution in [0.1, 0.15) is 69.7 Å². The summed E-state index contributed by atoms with van der Waals surface area (Å²) in [6.45, 7) is 8.03. The van der Waals surface area contributed by atoms with E-state index in [0.29, 0.717) is 18.8 Å². The number of piperidine rings is 2. The Morgan fingerprint density at radius 3 is 2.18 bits per heavy atom. The van der Waals surface area contributed by atoms with Crippen molar-refractivity contribution in [1.29, 1.82) is 0 Å². The Labute approximate surface area is 197 Å². The Hall–Kier alpha value is -2.13. The first-order chi connectivity index (χ1) is 15.7. The summed E-state index contributed by atoms with van der Waals surface area (Å²) < 4.78 is 33.8. The third kappa shape index (κ3) is 6.47. The van der Waals surface area contributed by atoms with Crippen molar-refractivity contribution in [3.05, 3.63) is 23.8 Å². The van der Waals surface area contributed by atoms with Crippen LogP contribution in [-0.2, 0) is 19.6 Å². The van der Waals surface area contributed by atoms with E-state index >= 15 is 0 Å². The highest BCUT2D eigenvalue weighted by atomic mass is 32.2. The molecule has 2 heterocycles. The van der Waals surface area contributed by atoms with Crippen molar-refractivity contribution < 1.29 is 22.7 Å². The number of carbonyl (C=O) groups is 2. The Kier molecular flexibility index (Phi) is 8.75. The van der Waals surface area contributed by atoms with E-state index < -0.39 is 22.6 Å². The second-order valence-electron chi connectivity index (χ2n) is 9.37. The first-order valence-electron chi connectivity index (χ1n) is 12.1. The number of esters is 1. The summed E-state index contributed by atoms with van der Waals surface area (Å²) in [6.07, 6.45) is 5.85. The molecule has 0 aromatic heterocycles. The molecule has 2 fully saturated rings. The number of rotatable bonds is 8. The number of sulfonamides is 1. The van der Waals surface area contributed by atoms with E-state index in [1.807, 2.05) is 20.8 Å². The number of hydrogen-bond acceptors (Lipinski definition) is 6. The van der Waals surface area contributed by atoms with Crippen molar-refractivity contribution in [2.75, 3.05) is 37.7 Å². The highest BCUT2D eigenvalue weighted by Gasteiger charge is 2.31. The van der Waals surface area contributed by atoms with Gasteiger partial charge in [-0.25, -0.2) is 13.2 Å². The highest BCUT2D eigenvalue weighted by molar-refractivity contribution is 7.89. The summed E-state index contributed by atoms with van der Waals surface area (Å²) in [4.78, 5) is 27.0. The van der Waals surface area contributed by atoms with Gasteiger partial charge in [-0.3, -0.25) is 4.79 Å². The van der Waals surface area contributed by atoms with Crippen molar-refractivity contribution in [3.8, 4) is 0 Å². The maximum Gasteiger partial charge on any atom is 0.338 e. The molecule has 0 bridgehead atoms. The molecule has 184 valence electrons. The SMILES string of the molecule is CC(C)C(C)NC(=O)COC(=O)c1ccc(N2CCCCC2)c(S(=O)(=O)N2CCCCC2)c1. The summed E-state index contributed by atoms with van der Waals surface area (Å²) >= 11 is 0. The van der Waals surface area contributed by atoms with E-state index in [9.17, 15) is 18.0 Å². The van der Waals surface area contributed by atoms with Crippen LogP contribution in [0.4, 0.5) is 5.69 Å². The first kappa shape index (κ1) is 25.5. The van der Waals surface area contributed by atoms with Crippen LogP contribution in [0.15, 0.2) is 23.1 Å². The highest BCUT2D eigenvalue weighted by Crippen LogP contribution is 2.32. The fourth-order valence-electron chi connectivity index (χ4n) is 4.16. The second-order valence-corrected chi connectivity index (χ2v) is 11.3. The van der Waals surface area contributed by atoms with Gasteiger partial charge < -0.3 is 15.0 Å². The summed E-state index contributed by atoms with van der Waals surface area (Å²) in [6, 6.07) is 4.68. The average molecular weight is 480 g/mol. The lowest BCUT2D eigenvalue weighted by atomic mass is 10.1. The van der Waals surface area contributed by atoms with Gasteiger partial charge in [-0.2, -0.15) is 4.31 Å². The molecular formula is C24H37N3O5S. The molecule has 9 heteroatoms. The molecule has 1 amide bonds. The molecule has 2 aliphatic rings.